The molecule has 3 aromatic carbocycles. The van der Waals surface area contributed by atoms with Crippen LogP contribution in [0.2, 0.25) is 0 Å². The number of piperidine rings is 1. The Kier molecular flexibility index (Phi) is 10.0. The Labute approximate surface area is 294 Å². The third-order valence-corrected chi connectivity index (χ3v) is 9.55. The van der Waals surface area contributed by atoms with E-state index in [0.717, 1.165) is 24.0 Å². The van der Waals surface area contributed by atoms with Crippen molar-refractivity contribution < 1.29 is 29.3 Å². The van der Waals surface area contributed by atoms with Gasteiger partial charge in [0.05, 0.1) is 11.2 Å². The molecule has 11 nitrogen and oxygen atoms in total. The molecule has 2 heterocycles. The zero-order valence-corrected chi connectivity index (χ0v) is 28.0. The van der Waals surface area contributed by atoms with Gasteiger partial charge >= 0.3 is 0 Å². The molecule has 6 rings (SSSR count). The number of nitrogens with one attached hydrogen (secondary N) is 2. The number of anilines is 1. The third-order valence-electron chi connectivity index (χ3n) is 9.55. The van der Waals surface area contributed by atoms with E-state index in [9.17, 15) is 25.5 Å². The number of halogens is 1. The first-order chi connectivity index (χ1) is 24.5. The van der Waals surface area contributed by atoms with E-state index >= 15 is 4.39 Å². The molecular formula is C39H37FN6O5. The van der Waals surface area contributed by atoms with E-state index in [1.165, 1.54) is 24.3 Å². The summed E-state index contributed by atoms with van der Waals surface area (Å²) >= 11 is 0. The van der Waals surface area contributed by atoms with Crippen LogP contribution in [0.4, 0.5) is 10.2 Å². The number of carbonyl (C=O) groups excluding carboxylic acids is 1. The highest BCUT2D eigenvalue weighted by molar-refractivity contribution is 5.91. The maximum atomic E-state index is 15.0. The Bertz CT molecular complexity index is 2060. The van der Waals surface area contributed by atoms with Gasteiger partial charge in [-0.15, -0.1) is 0 Å². The van der Waals surface area contributed by atoms with Crippen LogP contribution in [0, 0.1) is 28.5 Å². The fraction of sp³-hybridized carbons (Fsp3) is 0.282. The molecular weight excluding hydrogens is 651 g/mol. The van der Waals surface area contributed by atoms with Crippen LogP contribution < -0.4 is 20.4 Å². The number of nitriles is 2. The lowest BCUT2D eigenvalue weighted by Gasteiger charge is -2.41. The zero-order chi connectivity index (χ0) is 36.2. The number of hydrogen-bond acceptors (Lipinski definition) is 10. The number of hydrogen-bond donors (Lipinski definition) is 5. The lowest BCUT2D eigenvalue weighted by atomic mass is 9.88. The summed E-state index contributed by atoms with van der Waals surface area (Å²) in [5.74, 6) is -0.802. The van der Waals surface area contributed by atoms with Gasteiger partial charge in [0.1, 0.15) is 35.9 Å². The highest BCUT2D eigenvalue weighted by atomic mass is 19.1. The minimum atomic E-state index is -0.865. The van der Waals surface area contributed by atoms with Crippen LogP contribution in [0.15, 0.2) is 72.9 Å². The number of benzene rings is 3. The van der Waals surface area contributed by atoms with Gasteiger partial charge in [0.15, 0.2) is 11.5 Å². The molecule has 260 valence electrons. The Morgan fingerprint density at radius 1 is 1.04 bits per heavy atom. The largest absolute Gasteiger partial charge is 0.504 e. The molecule has 1 aliphatic heterocycles. The molecule has 5 N–H and O–H groups in total. The highest BCUT2D eigenvalue weighted by Crippen LogP contribution is 2.42. The number of aromatic hydroxyl groups is 1. The zero-order valence-electron chi connectivity index (χ0n) is 28.0. The van der Waals surface area contributed by atoms with Gasteiger partial charge in [-0.3, -0.25) is 10.0 Å². The molecule has 0 unspecified atom stereocenters. The molecule has 0 atom stereocenters. The molecule has 1 saturated carbocycles. The number of rotatable bonds is 11. The number of amides is 1. The quantitative estimate of drug-likeness (QED) is 0.0761. The summed E-state index contributed by atoms with van der Waals surface area (Å²) in [6.07, 6.45) is 7.26. The number of phenols is 1. The number of phenolic OH excluding ortho intramolecular Hbond substituents is 1. The van der Waals surface area contributed by atoms with E-state index in [-0.39, 0.29) is 34.8 Å². The van der Waals surface area contributed by atoms with Crippen molar-refractivity contribution in [1.82, 2.24) is 15.8 Å². The monoisotopic (exact) mass is 688 g/mol. The van der Waals surface area contributed by atoms with Crippen molar-refractivity contribution in [3.8, 4) is 45.9 Å². The van der Waals surface area contributed by atoms with Crippen LogP contribution in [-0.2, 0) is 11.3 Å². The first kappa shape index (κ1) is 35.1. The fourth-order valence-electron chi connectivity index (χ4n) is 6.09. The SMILES string of the molecule is CC1(NCc2ccc(/C=C/C(=O)NO)cc2)CCN(c2ncc(-c3ccc(OCC4(O)CC4)c(O)c3)c(-c3ccc(C#N)c(F)c3)c2C#N)CC1. The smallest absolute Gasteiger partial charge is 0.267 e. The molecule has 1 saturated heterocycles. The molecule has 51 heavy (non-hydrogen) atoms. The summed E-state index contributed by atoms with van der Waals surface area (Å²) in [6, 6.07) is 20.9. The van der Waals surface area contributed by atoms with Crippen molar-refractivity contribution in [3.63, 3.8) is 0 Å². The predicted molar refractivity (Wildman–Crippen MR) is 188 cm³/mol. The van der Waals surface area contributed by atoms with Crippen molar-refractivity contribution in [2.24, 2.45) is 0 Å². The van der Waals surface area contributed by atoms with Crippen molar-refractivity contribution in [2.75, 3.05) is 24.6 Å². The fourth-order valence-corrected chi connectivity index (χ4v) is 6.09. The third kappa shape index (κ3) is 8.00. The maximum absolute atomic E-state index is 15.0. The number of pyridine rings is 1. The number of carbonyl (C=O) groups is 1. The molecule has 0 spiro atoms. The normalized spacial score (nSPS) is 15.9. The Balaban J connectivity index is 1.23. The summed E-state index contributed by atoms with van der Waals surface area (Å²) in [7, 11) is 0. The Morgan fingerprint density at radius 3 is 2.39 bits per heavy atom. The summed E-state index contributed by atoms with van der Waals surface area (Å²) in [5.41, 5.74) is 4.34. The number of aliphatic hydroxyl groups is 1. The van der Waals surface area contributed by atoms with Crippen LogP contribution >= 0.6 is 0 Å². The van der Waals surface area contributed by atoms with E-state index in [4.69, 9.17) is 14.9 Å². The van der Waals surface area contributed by atoms with Gasteiger partial charge in [0, 0.05) is 48.6 Å². The summed E-state index contributed by atoms with van der Waals surface area (Å²) < 4.78 is 20.7. The predicted octanol–water partition coefficient (Wildman–Crippen LogP) is 5.57. The highest BCUT2D eigenvalue weighted by Gasteiger charge is 2.41. The average molecular weight is 689 g/mol. The van der Waals surface area contributed by atoms with Crippen LogP contribution in [-0.4, -0.2) is 57.1 Å². The number of aromatic nitrogens is 1. The molecule has 2 fully saturated rings. The van der Waals surface area contributed by atoms with Gasteiger partial charge in [0.2, 0.25) is 0 Å². The topological polar surface area (TPSA) is 175 Å². The van der Waals surface area contributed by atoms with Crippen LogP contribution in [0.1, 0.15) is 54.9 Å². The number of hydroxylamine groups is 1. The standard InChI is InChI=1S/C39H37FN6O5/c1-38(44-22-26-4-2-25(3-5-26)6-11-35(48)45-50)14-16-46(17-15-38)37-30(21-42)36(28-7-8-29(20-41)32(40)18-28)31(23-43-37)27-9-10-34(33(47)19-27)51-24-39(49)12-13-39/h2-11,18-19,23,44,47,49-50H,12-17,22,24H2,1H3,(H,45,48)/b11-6+. The molecule has 1 amide bonds. The summed E-state index contributed by atoms with van der Waals surface area (Å²) in [4.78, 5) is 18.0. The lowest BCUT2D eigenvalue weighted by molar-refractivity contribution is -0.124. The Morgan fingerprint density at radius 2 is 1.76 bits per heavy atom. The van der Waals surface area contributed by atoms with E-state index in [1.807, 2.05) is 30.3 Å². The second-order valence-electron chi connectivity index (χ2n) is 13.3. The molecule has 1 aliphatic carbocycles. The van der Waals surface area contributed by atoms with Crippen LogP contribution in [0.25, 0.3) is 28.3 Å². The second-order valence-corrected chi connectivity index (χ2v) is 13.3. The maximum Gasteiger partial charge on any atom is 0.267 e. The van der Waals surface area contributed by atoms with E-state index in [0.29, 0.717) is 60.5 Å². The van der Waals surface area contributed by atoms with Crippen molar-refractivity contribution in [2.45, 2.75) is 50.3 Å². The molecule has 1 aromatic heterocycles. The van der Waals surface area contributed by atoms with E-state index in [1.54, 1.807) is 36.0 Å². The molecule has 4 aromatic rings. The molecule has 12 heteroatoms. The van der Waals surface area contributed by atoms with Crippen molar-refractivity contribution in [1.29, 1.82) is 10.5 Å². The first-order valence-electron chi connectivity index (χ1n) is 16.6. The van der Waals surface area contributed by atoms with Crippen LogP contribution in [0.5, 0.6) is 11.5 Å². The lowest BCUT2D eigenvalue weighted by Crippen LogP contribution is -2.51. The van der Waals surface area contributed by atoms with Gasteiger partial charge in [0.25, 0.3) is 5.91 Å². The summed E-state index contributed by atoms with van der Waals surface area (Å²) in [6.45, 7) is 4.05. The second kappa shape index (κ2) is 14.6. The van der Waals surface area contributed by atoms with Gasteiger partial charge in [-0.05, 0) is 85.2 Å². The Hall–Kier alpha value is -5.79. The van der Waals surface area contributed by atoms with Crippen molar-refractivity contribution >= 4 is 17.8 Å². The van der Waals surface area contributed by atoms with Gasteiger partial charge in [-0.25, -0.2) is 14.9 Å². The number of ether oxygens (including phenoxy) is 1. The minimum absolute atomic E-state index is 0.0644. The van der Waals surface area contributed by atoms with Crippen molar-refractivity contribution in [3.05, 3.63) is 101 Å². The minimum Gasteiger partial charge on any atom is -0.504 e. The molecule has 2 aliphatic rings. The van der Waals surface area contributed by atoms with Crippen LogP contribution in [0.3, 0.4) is 0 Å². The molecule has 0 bridgehead atoms. The van der Waals surface area contributed by atoms with Gasteiger partial charge < -0.3 is 25.2 Å². The van der Waals surface area contributed by atoms with Gasteiger partial charge in [-0.2, -0.15) is 10.5 Å². The number of nitrogens with zero attached hydrogens (tertiary/aromatic N) is 4. The molecule has 0 radical (unpaired) electrons. The summed E-state index contributed by atoms with van der Waals surface area (Å²) in [5, 5.41) is 53.2. The average Bonchev–Trinajstić information content (AvgIpc) is 3.89. The van der Waals surface area contributed by atoms with Gasteiger partial charge in [-0.1, -0.05) is 36.4 Å². The first-order valence-corrected chi connectivity index (χ1v) is 16.6. The van der Waals surface area contributed by atoms with E-state index < -0.39 is 17.3 Å². The van der Waals surface area contributed by atoms with E-state index in [2.05, 4.69) is 23.2 Å².